The zero-order chi connectivity index (χ0) is 25.7. The molecule has 1 amide bonds. The molecule has 0 bridgehead atoms. The van der Waals surface area contributed by atoms with Crippen LogP contribution in [0.1, 0.15) is 21.5 Å². The molecule has 9 heteroatoms. The Hall–Kier alpha value is -4.63. The van der Waals surface area contributed by atoms with Crippen molar-refractivity contribution in [1.82, 2.24) is 5.43 Å². The van der Waals surface area contributed by atoms with Crippen LogP contribution in [0.5, 0.6) is 11.5 Å². The molecule has 5 rings (SSSR count). The van der Waals surface area contributed by atoms with Crippen LogP contribution in [0, 0.1) is 0 Å². The second kappa shape index (κ2) is 10.5. The molecule has 1 heterocycles. The number of amides is 1. The van der Waals surface area contributed by atoms with Crippen LogP contribution in [0.3, 0.4) is 0 Å². The van der Waals surface area contributed by atoms with Crippen LogP contribution < -0.4 is 19.2 Å². The van der Waals surface area contributed by atoms with E-state index in [1.165, 1.54) is 10.5 Å². The molecule has 1 aliphatic rings. The van der Waals surface area contributed by atoms with E-state index in [0.717, 1.165) is 11.1 Å². The number of nitrogens with one attached hydrogen (secondary N) is 1. The van der Waals surface area contributed by atoms with E-state index in [0.29, 0.717) is 22.7 Å². The summed E-state index contributed by atoms with van der Waals surface area (Å²) >= 11 is 0. The average Bonchev–Trinajstić information content (AvgIpc) is 3.41. The normalized spacial score (nSPS) is 12.4. The van der Waals surface area contributed by atoms with Gasteiger partial charge in [0.05, 0.1) is 23.3 Å². The van der Waals surface area contributed by atoms with Gasteiger partial charge in [-0.15, -0.1) is 0 Å². The molecule has 0 atom stereocenters. The Morgan fingerprint density at radius 2 is 1.54 bits per heavy atom. The van der Waals surface area contributed by atoms with Crippen LogP contribution in [0.15, 0.2) is 113 Å². The van der Waals surface area contributed by atoms with E-state index in [9.17, 15) is 13.2 Å². The lowest BCUT2D eigenvalue weighted by atomic mass is 10.1. The minimum atomic E-state index is -3.80. The maximum absolute atomic E-state index is 13.4. The number of anilines is 1. The van der Waals surface area contributed by atoms with Crippen molar-refractivity contribution >= 4 is 27.8 Å². The Morgan fingerprint density at radius 1 is 0.865 bits per heavy atom. The molecule has 0 saturated heterocycles. The van der Waals surface area contributed by atoms with Gasteiger partial charge in [0.1, 0.15) is 0 Å². The van der Waals surface area contributed by atoms with Crippen LogP contribution in [0.25, 0.3) is 0 Å². The minimum absolute atomic E-state index is 0.103. The van der Waals surface area contributed by atoms with Crippen molar-refractivity contribution in [2.75, 3.05) is 11.1 Å². The summed E-state index contributed by atoms with van der Waals surface area (Å²) in [6.07, 6.45) is 1.51. The number of nitrogens with zero attached hydrogens (tertiary/aromatic N) is 2. The van der Waals surface area contributed by atoms with Crippen LogP contribution in [-0.4, -0.2) is 27.3 Å². The lowest BCUT2D eigenvalue weighted by Crippen LogP contribution is -2.30. The quantitative estimate of drug-likeness (QED) is 0.275. The van der Waals surface area contributed by atoms with E-state index < -0.39 is 10.0 Å². The van der Waals surface area contributed by atoms with E-state index in [1.54, 1.807) is 97.1 Å². The molecular weight excluding hydrogens is 490 g/mol. The maximum Gasteiger partial charge on any atom is 0.271 e. The standard InChI is InChI=1S/C28H23N3O5S/c32-28(30-29-18-22-13-16-26-27(17-22)36-20-35-26)23-14-11-21(12-15-23)19-31(24-7-3-1-4-8-24)37(33,34)25-9-5-2-6-10-25/h1-18H,19-20H2,(H,30,32). The molecule has 0 spiro atoms. The number of hydrazone groups is 1. The zero-order valence-electron chi connectivity index (χ0n) is 19.7. The molecule has 0 saturated carbocycles. The summed E-state index contributed by atoms with van der Waals surface area (Å²) in [5, 5.41) is 4.01. The van der Waals surface area contributed by atoms with Crippen LogP contribution in [0.4, 0.5) is 5.69 Å². The largest absolute Gasteiger partial charge is 0.454 e. The summed E-state index contributed by atoms with van der Waals surface area (Å²) in [4.78, 5) is 12.7. The lowest BCUT2D eigenvalue weighted by Gasteiger charge is -2.24. The molecule has 4 aromatic carbocycles. The van der Waals surface area contributed by atoms with Crippen molar-refractivity contribution in [3.8, 4) is 11.5 Å². The van der Waals surface area contributed by atoms with E-state index in [2.05, 4.69) is 10.5 Å². The number of hydrogen-bond acceptors (Lipinski definition) is 6. The van der Waals surface area contributed by atoms with Gasteiger partial charge in [-0.1, -0.05) is 48.5 Å². The number of sulfonamides is 1. The van der Waals surface area contributed by atoms with E-state index in [4.69, 9.17) is 9.47 Å². The highest BCUT2D eigenvalue weighted by Gasteiger charge is 2.25. The zero-order valence-corrected chi connectivity index (χ0v) is 20.5. The molecule has 0 radical (unpaired) electrons. The van der Waals surface area contributed by atoms with Crippen LogP contribution >= 0.6 is 0 Å². The summed E-state index contributed by atoms with van der Waals surface area (Å²) in [6.45, 7) is 0.287. The summed E-state index contributed by atoms with van der Waals surface area (Å²) in [5.74, 6) is 0.911. The molecule has 186 valence electrons. The fraction of sp³-hybridized carbons (Fsp3) is 0.0714. The highest BCUT2D eigenvalue weighted by molar-refractivity contribution is 7.92. The van der Waals surface area contributed by atoms with Gasteiger partial charge in [-0.3, -0.25) is 9.10 Å². The summed E-state index contributed by atoms with van der Waals surface area (Å²) < 4.78 is 38.9. The number of carbonyl (C=O) groups is 1. The second-order valence-corrected chi connectivity index (χ2v) is 10.0. The molecule has 0 fully saturated rings. The Morgan fingerprint density at radius 3 is 2.27 bits per heavy atom. The number of fused-ring (bicyclic) bond motifs is 1. The number of ether oxygens (including phenoxy) is 2. The number of benzene rings is 4. The van der Waals surface area contributed by atoms with Gasteiger partial charge in [-0.2, -0.15) is 5.10 Å². The number of hydrogen-bond donors (Lipinski definition) is 1. The van der Waals surface area contributed by atoms with Crippen molar-refractivity contribution in [3.05, 3.63) is 120 Å². The average molecular weight is 514 g/mol. The third-order valence-corrected chi connectivity index (χ3v) is 7.48. The lowest BCUT2D eigenvalue weighted by molar-refractivity contribution is 0.0955. The van der Waals surface area contributed by atoms with Gasteiger partial charge in [0.25, 0.3) is 15.9 Å². The predicted octanol–water partition coefficient (Wildman–Crippen LogP) is 4.57. The third kappa shape index (κ3) is 5.46. The second-order valence-electron chi connectivity index (χ2n) is 8.17. The summed E-state index contributed by atoms with van der Waals surface area (Å²) in [5.41, 5.74) is 4.91. The van der Waals surface area contributed by atoms with Gasteiger partial charge < -0.3 is 9.47 Å². The predicted molar refractivity (Wildman–Crippen MR) is 140 cm³/mol. The van der Waals surface area contributed by atoms with Crippen LogP contribution in [0.2, 0.25) is 0 Å². The third-order valence-electron chi connectivity index (χ3n) is 5.69. The van der Waals surface area contributed by atoms with E-state index in [-0.39, 0.29) is 24.1 Å². The maximum atomic E-state index is 13.4. The van der Waals surface area contributed by atoms with E-state index >= 15 is 0 Å². The first-order valence-corrected chi connectivity index (χ1v) is 12.9. The molecule has 1 aliphatic heterocycles. The summed E-state index contributed by atoms with van der Waals surface area (Å²) in [7, 11) is -3.80. The van der Waals surface area contributed by atoms with Gasteiger partial charge in [-0.05, 0) is 65.7 Å². The molecule has 1 N–H and O–H groups in total. The number of para-hydroxylation sites is 1. The van der Waals surface area contributed by atoms with Gasteiger partial charge in [0.2, 0.25) is 6.79 Å². The Kier molecular flexibility index (Phi) is 6.87. The monoisotopic (exact) mass is 513 g/mol. The topological polar surface area (TPSA) is 97.3 Å². The molecule has 0 aromatic heterocycles. The molecule has 37 heavy (non-hydrogen) atoms. The molecule has 8 nitrogen and oxygen atoms in total. The Bertz CT molecular complexity index is 1520. The highest BCUT2D eigenvalue weighted by Crippen LogP contribution is 2.32. The molecular formula is C28H23N3O5S. The van der Waals surface area contributed by atoms with Gasteiger partial charge in [0.15, 0.2) is 11.5 Å². The fourth-order valence-electron chi connectivity index (χ4n) is 3.78. The SMILES string of the molecule is O=C(NN=Cc1ccc2c(c1)OCO2)c1ccc(CN(c2ccccc2)S(=O)(=O)c2ccccc2)cc1. The van der Waals surface area contributed by atoms with Crippen molar-refractivity contribution in [2.24, 2.45) is 5.10 Å². The van der Waals surface area contributed by atoms with Crippen molar-refractivity contribution in [1.29, 1.82) is 0 Å². The minimum Gasteiger partial charge on any atom is -0.454 e. The number of rotatable bonds is 8. The van der Waals surface area contributed by atoms with Gasteiger partial charge in [-0.25, -0.2) is 13.8 Å². The first-order valence-electron chi connectivity index (χ1n) is 11.5. The smallest absolute Gasteiger partial charge is 0.271 e. The summed E-state index contributed by atoms with van der Waals surface area (Å²) in [6, 6.07) is 29.3. The number of carbonyl (C=O) groups excluding carboxylic acids is 1. The fourth-order valence-corrected chi connectivity index (χ4v) is 5.25. The first kappa shape index (κ1) is 24.1. The molecule has 0 aliphatic carbocycles. The Balaban J connectivity index is 1.29. The van der Waals surface area contributed by atoms with Crippen LogP contribution in [-0.2, 0) is 16.6 Å². The van der Waals surface area contributed by atoms with Crippen molar-refractivity contribution in [2.45, 2.75) is 11.4 Å². The molecule has 4 aromatic rings. The van der Waals surface area contributed by atoms with Crippen molar-refractivity contribution < 1.29 is 22.7 Å². The van der Waals surface area contributed by atoms with Crippen molar-refractivity contribution in [3.63, 3.8) is 0 Å². The van der Waals surface area contributed by atoms with Gasteiger partial charge in [0, 0.05) is 5.56 Å². The highest BCUT2D eigenvalue weighted by atomic mass is 32.2. The van der Waals surface area contributed by atoms with E-state index in [1.807, 2.05) is 6.07 Å². The molecule has 0 unspecified atom stereocenters. The van der Waals surface area contributed by atoms with Gasteiger partial charge >= 0.3 is 0 Å². The first-order chi connectivity index (χ1) is 18.0. The Labute approximate surface area is 214 Å².